The van der Waals surface area contributed by atoms with Gasteiger partial charge in [0.05, 0.1) is 16.3 Å². The Bertz CT molecular complexity index is 991. The number of nitrogens with zero attached hydrogens (tertiary/aromatic N) is 2. The summed E-state index contributed by atoms with van der Waals surface area (Å²) in [5.41, 5.74) is 3.05. The molecule has 2 aliphatic rings. The van der Waals surface area contributed by atoms with E-state index in [-0.39, 0.29) is 17.5 Å². The lowest BCUT2D eigenvalue weighted by Gasteiger charge is -2.29. The molecular formula is C20H18ClN3O4. The lowest BCUT2D eigenvalue weighted by atomic mass is 9.97. The smallest absolute Gasteiger partial charge is 0.335 e. The van der Waals surface area contributed by atoms with Crippen molar-refractivity contribution in [2.24, 2.45) is 0 Å². The molecule has 2 N–H and O–H groups in total. The van der Waals surface area contributed by atoms with Crippen molar-refractivity contribution in [2.75, 3.05) is 24.5 Å². The minimum absolute atomic E-state index is 0.177. The Kier molecular flexibility index (Phi) is 4.68. The summed E-state index contributed by atoms with van der Waals surface area (Å²) in [5.74, 6) is -1.17. The minimum atomic E-state index is -0.988. The molecule has 144 valence electrons. The highest BCUT2D eigenvalue weighted by Crippen LogP contribution is 2.29. The maximum Gasteiger partial charge on any atom is 0.335 e. The first-order valence-corrected chi connectivity index (χ1v) is 9.31. The molecule has 0 spiro atoms. The standard InChI is InChI=1S/C20H18ClN3O4/c21-16-4-3-13(10-17(16)24-8-6-22-20(24)28)18(25)23-7-5-12-1-2-14(19(26)27)9-15(12)11-23/h1-4,9-10H,5-8,11H2,(H,22,28)(H,26,27). The quantitative estimate of drug-likeness (QED) is 0.830. The van der Waals surface area contributed by atoms with Crippen LogP contribution in [-0.2, 0) is 13.0 Å². The Morgan fingerprint density at radius 3 is 2.54 bits per heavy atom. The zero-order valence-corrected chi connectivity index (χ0v) is 15.7. The molecule has 2 aliphatic heterocycles. The van der Waals surface area contributed by atoms with E-state index in [0.29, 0.717) is 48.9 Å². The molecule has 0 unspecified atom stereocenters. The predicted molar refractivity (Wildman–Crippen MR) is 104 cm³/mol. The van der Waals surface area contributed by atoms with Gasteiger partial charge in [-0.2, -0.15) is 0 Å². The van der Waals surface area contributed by atoms with Crippen molar-refractivity contribution in [3.05, 3.63) is 63.7 Å². The van der Waals surface area contributed by atoms with Gasteiger partial charge in [-0.1, -0.05) is 17.7 Å². The number of hydrogen-bond donors (Lipinski definition) is 2. The average molecular weight is 400 g/mol. The van der Waals surface area contributed by atoms with Gasteiger partial charge in [-0.15, -0.1) is 0 Å². The van der Waals surface area contributed by atoms with E-state index in [1.165, 1.54) is 4.90 Å². The van der Waals surface area contributed by atoms with Gasteiger partial charge in [-0.25, -0.2) is 9.59 Å². The largest absolute Gasteiger partial charge is 0.478 e. The molecule has 28 heavy (non-hydrogen) atoms. The number of carbonyl (C=O) groups is 3. The lowest BCUT2D eigenvalue weighted by Crippen LogP contribution is -2.36. The highest BCUT2D eigenvalue weighted by atomic mass is 35.5. The number of rotatable bonds is 3. The van der Waals surface area contributed by atoms with Crippen LogP contribution >= 0.6 is 11.6 Å². The van der Waals surface area contributed by atoms with E-state index in [0.717, 1.165) is 11.1 Å². The molecule has 7 nitrogen and oxygen atoms in total. The highest BCUT2D eigenvalue weighted by Gasteiger charge is 2.26. The SMILES string of the molecule is O=C(O)c1ccc2c(c1)CN(C(=O)c1ccc(Cl)c(N3CCNC3=O)c1)CC2. The third kappa shape index (κ3) is 3.29. The second-order valence-electron chi connectivity index (χ2n) is 6.82. The summed E-state index contributed by atoms with van der Waals surface area (Å²) < 4.78 is 0. The number of hydrogen-bond acceptors (Lipinski definition) is 3. The number of anilines is 1. The zero-order chi connectivity index (χ0) is 19.8. The van der Waals surface area contributed by atoms with E-state index in [2.05, 4.69) is 5.32 Å². The average Bonchev–Trinajstić information content (AvgIpc) is 3.12. The fourth-order valence-electron chi connectivity index (χ4n) is 3.60. The normalized spacial score (nSPS) is 16.0. The summed E-state index contributed by atoms with van der Waals surface area (Å²) in [4.78, 5) is 39.4. The van der Waals surface area contributed by atoms with Gasteiger partial charge in [0, 0.05) is 31.7 Å². The van der Waals surface area contributed by atoms with E-state index in [1.54, 1.807) is 35.2 Å². The Morgan fingerprint density at radius 1 is 1.04 bits per heavy atom. The van der Waals surface area contributed by atoms with E-state index >= 15 is 0 Å². The number of carboxylic acids is 1. The molecular weight excluding hydrogens is 382 g/mol. The number of halogens is 1. The van der Waals surface area contributed by atoms with Crippen LogP contribution < -0.4 is 10.2 Å². The maximum absolute atomic E-state index is 13.0. The number of fused-ring (bicyclic) bond motifs is 1. The Morgan fingerprint density at radius 2 is 1.82 bits per heavy atom. The van der Waals surface area contributed by atoms with E-state index in [1.807, 2.05) is 6.07 Å². The van der Waals surface area contributed by atoms with Crippen molar-refractivity contribution in [3.8, 4) is 0 Å². The first-order valence-electron chi connectivity index (χ1n) is 8.93. The number of carboxylic acid groups (broad SMARTS) is 1. The summed E-state index contributed by atoms with van der Waals surface area (Å²) >= 11 is 6.24. The number of amides is 3. The van der Waals surface area contributed by atoms with Gasteiger partial charge in [0.2, 0.25) is 0 Å². The molecule has 2 aromatic rings. The number of nitrogens with one attached hydrogen (secondary N) is 1. The van der Waals surface area contributed by atoms with E-state index in [9.17, 15) is 19.5 Å². The first-order chi connectivity index (χ1) is 13.4. The second-order valence-corrected chi connectivity index (χ2v) is 7.22. The molecule has 2 heterocycles. The Balaban J connectivity index is 1.59. The van der Waals surface area contributed by atoms with Crippen LogP contribution in [0.5, 0.6) is 0 Å². The van der Waals surface area contributed by atoms with Gasteiger partial charge < -0.3 is 15.3 Å². The minimum Gasteiger partial charge on any atom is -0.478 e. The van der Waals surface area contributed by atoms with Gasteiger partial charge in [0.15, 0.2) is 0 Å². The van der Waals surface area contributed by atoms with Crippen molar-refractivity contribution >= 4 is 35.2 Å². The number of benzene rings is 2. The predicted octanol–water partition coefficient (Wildman–Crippen LogP) is 2.77. The van der Waals surface area contributed by atoms with Crippen LogP contribution in [0.2, 0.25) is 5.02 Å². The van der Waals surface area contributed by atoms with Crippen LogP contribution in [0.3, 0.4) is 0 Å². The number of aromatic carboxylic acids is 1. The van der Waals surface area contributed by atoms with Crippen molar-refractivity contribution in [2.45, 2.75) is 13.0 Å². The van der Waals surface area contributed by atoms with Crippen molar-refractivity contribution < 1.29 is 19.5 Å². The maximum atomic E-state index is 13.0. The van der Waals surface area contributed by atoms with E-state index in [4.69, 9.17) is 11.6 Å². The molecule has 1 fully saturated rings. The van der Waals surface area contributed by atoms with Crippen LogP contribution in [0, 0.1) is 0 Å². The third-order valence-electron chi connectivity index (χ3n) is 5.09. The van der Waals surface area contributed by atoms with Crippen LogP contribution in [0.25, 0.3) is 0 Å². The highest BCUT2D eigenvalue weighted by molar-refractivity contribution is 6.34. The molecule has 0 saturated carbocycles. The summed E-state index contributed by atoms with van der Waals surface area (Å²) in [7, 11) is 0. The fraction of sp³-hybridized carbons (Fsp3) is 0.250. The fourth-order valence-corrected chi connectivity index (χ4v) is 3.82. The van der Waals surface area contributed by atoms with Gasteiger partial charge in [-0.3, -0.25) is 9.69 Å². The second kappa shape index (κ2) is 7.16. The van der Waals surface area contributed by atoms with Crippen LogP contribution in [0.4, 0.5) is 10.5 Å². The Hall–Kier alpha value is -3.06. The van der Waals surface area contributed by atoms with Gasteiger partial charge in [0.1, 0.15) is 0 Å². The van der Waals surface area contributed by atoms with E-state index < -0.39 is 5.97 Å². The summed E-state index contributed by atoms with van der Waals surface area (Å²) in [6.07, 6.45) is 0.663. The van der Waals surface area contributed by atoms with Crippen LogP contribution in [-0.4, -0.2) is 47.5 Å². The molecule has 1 saturated heterocycles. The van der Waals surface area contributed by atoms with Crippen LogP contribution in [0.15, 0.2) is 36.4 Å². The molecule has 0 aromatic heterocycles. The molecule has 0 bridgehead atoms. The summed E-state index contributed by atoms with van der Waals surface area (Å²) in [6.45, 7) is 1.91. The third-order valence-corrected chi connectivity index (χ3v) is 5.41. The molecule has 0 atom stereocenters. The monoisotopic (exact) mass is 399 g/mol. The van der Waals surface area contributed by atoms with Crippen molar-refractivity contribution in [3.63, 3.8) is 0 Å². The topological polar surface area (TPSA) is 89.9 Å². The first kappa shape index (κ1) is 18.3. The zero-order valence-electron chi connectivity index (χ0n) is 14.9. The molecule has 0 aliphatic carbocycles. The molecule has 0 radical (unpaired) electrons. The lowest BCUT2D eigenvalue weighted by molar-refractivity contribution is 0.0696. The van der Waals surface area contributed by atoms with Gasteiger partial charge in [-0.05, 0) is 47.9 Å². The Labute approximate surface area is 166 Å². The van der Waals surface area contributed by atoms with Crippen LogP contribution in [0.1, 0.15) is 31.8 Å². The van der Waals surface area contributed by atoms with Crippen molar-refractivity contribution in [1.29, 1.82) is 0 Å². The molecule has 8 heteroatoms. The summed E-state index contributed by atoms with van der Waals surface area (Å²) in [6, 6.07) is 9.69. The molecule has 4 rings (SSSR count). The molecule has 3 amide bonds. The van der Waals surface area contributed by atoms with Gasteiger partial charge >= 0.3 is 12.0 Å². The number of carbonyl (C=O) groups excluding carboxylic acids is 2. The van der Waals surface area contributed by atoms with Gasteiger partial charge in [0.25, 0.3) is 5.91 Å². The van der Waals surface area contributed by atoms with Crippen molar-refractivity contribution in [1.82, 2.24) is 10.2 Å². The number of urea groups is 1. The molecule has 2 aromatic carbocycles. The summed E-state index contributed by atoms with van der Waals surface area (Å²) in [5, 5.41) is 12.3.